The molecule has 0 heterocycles. The number of benzene rings is 3. The van der Waals surface area contributed by atoms with Crippen LogP contribution >= 0.6 is 15.9 Å². The molecule has 0 spiro atoms. The molecule has 0 aliphatic heterocycles. The number of rotatable bonds is 4. The van der Waals surface area contributed by atoms with E-state index in [0.29, 0.717) is 5.56 Å². The topological polar surface area (TPSA) is 49.3 Å². The van der Waals surface area contributed by atoms with E-state index in [1.54, 1.807) is 0 Å². The van der Waals surface area contributed by atoms with Gasteiger partial charge in [-0.05, 0) is 65.6 Å². The van der Waals surface area contributed by atoms with Gasteiger partial charge in [-0.2, -0.15) is 0 Å². The molecule has 2 N–H and O–H groups in total. The van der Waals surface area contributed by atoms with Crippen LogP contribution in [0.3, 0.4) is 0 Å². The Labute approximate surface area is 179 Å². The van der Waals surface area contributed by atoms with Gasteiger partial charge >= 0.3 is 0 Å². The van der Waals surface area contributed by atoms with Crippen LogP contribution in [-0.2, 0) is 25.7 Å². The SMILES string of the molecule is O=C(N[C@@H](CO)c1ccccc1)c1cc2ccc1CCc1ccc(c(Br)c1)CC2. The summed E-state index contributed by atoms with van der Waals surface area (Å²) in [6.07, 6.45) is 3.47. The maximum atomic E-state index is 13.2. The molecule has 148 valence electrons. The Hall–Kier alpha value is -2.43. The highest BCUT2D eigenvalue weighted by molar-refractivity contribution is 9.10. The van der Waals surface area contributed by atoms with Crippen molar-refractivity contribution in [2.24, 2.45) is 0 Å². The smallest absolute Gasteiger partial charge is 0.252 e. The highest BCUT2D eigenvalue weighted by atomic mass is 79.9. The van der Waals surface area contributed by atoms with Crippen molar-refractivity contribution >= 4 is 21.8 Å². The first-order valence-corrected chi connectivity index (χ1v) is 10.8. The molecule has 0 fully saturated rings. The summed E-state index contributed by atoms with van der Waals surface area (Å²) in [5.41, 5.74) is 6.35. The Morgan fingerprint density at radius 3 is 2.24 bits per heavy atom. The second-order valence-corrected chi connectivity index (χ2v) is 8.39. The van der Waals surface area contributed by atoms with Crippen LogP contribution in [0.15, 0.2) is 71.2 Å². The summed E-state index contributed by atoms with van der Waals surface area (Å²) in [5, 5.41) is 12.8. The molecule has 0 unspecified atom stereocenters. The van der Waals surface area contributed by atoms with Crippen molar-refractivity contribution < 1.29 is 9.90 Å². The zero-order valence-corrected chi connectivity index (χ0v) is 17.8. The van der Waals surface area contributed by atoms with Gasteiger partial charge in [-0.25, -0.2) is 0 Å². The predicted octanol–water partition coefficient (Wildman–Crippen LogP) is 4.80. The van der Waals surface area contributed by atoms with Crippen LogP contribution in [0.4, 0.5) is 0 Å². The Morgan fingerprint density at radius 2 is 1.55 bits per heavy atom. The molecule has 0 aromatic heterocycles. The fourth-order valence-electron chi connectivity index (χ4n) is 3.87. The first-order chi connectivity index (χ1) is 14.1. The molecule has 0 radical (unpaired) electrons. The average molecular weight is 450 g/mol. The monoisotopic (exact) mass is 449 g/mol. The van der Waals surface area contributed by atoms with Crippen molar-refractivity contribution in [3.8, 4) is 0 Å². The maximum Gasteiger partial charge on any atom is 0.252 e. The summed E-state index contributed by atoms with van der Waals surface area (Å²) in [6, 6.07) is 22.0. The molecule has 0 saturated heterocycles. The van der Waals surface area contributed by atoms with E-state index in [1.165, 1.54) is 11.1 Å². The highest BCUT2D eigenvalue weighted by Crippen LogP contribution is 2.25. The number of aryl methyl sites for hydroxylation is 4. The number of aliphatic hydroxyl groups is 1. The van der Waals surface area contributed by atoms with Crippen LogP contribution in [0.25, 0.3) is 0 Å². The van der Waals surface area contributed by atoms with E-state index >= 15 is 0 Å². The Kier molecular flexibility index (Phi) is 6.12. The lowest BCUT2D eigenvalue weighted by Crippen LogP contribution is -2.31. The minimum absolute atomic E-state index is 0.128. The molecule has 29 heavy (non-hydrogen) atoms. The van der Waals surface area contributed by atoms with Gasteiger partial charge < -0.3 is 10.4 Å². The number of hydrogen-bond donors (Lipinski definition) is 2. The summed E-state index contributed by atoms with van der Waals surface area (Å²) < 4.78 is 1.16. The summed E-state index contributed by atoms with van der Waals surface area (Å²) in [6.45, 7) is -0.134. The zero-order chi connectivity index (χ0) is 20.2. The lowest BCUT2D eigenvalue weighted by molar-refractivity contribution is 0.0915. The highest BCUT2D eigenvalue weighted by Gasteiger charge is 2.18. The van der Waals surface area contributed by atoms with Crippen LogP contribution in [0, 0.1) is 0 Å². The molecule has 4 aliphatic rings. The molecule has 1 atom stereocenters. The van der Waals surface area contributed by atoms with Crippen LogP contribution in [0.5, 0.6) is 0 Å². The van der Waals surface area contributed by atoms with Gasteiger partial charge in [0.05, 0.1) is 12.6 Å². The molecule has 4 bridgehead atoms. The van der Waals surface area contributed by atoms with Crippen molar-refractivity contribution in [2.75, 3.05) is 6.61 Å². The molecule has 7 rings (SSSR count). The van der Waals surface area contributed by atoms with Crippen molar-refractivity contribution in [1.82, 2.24) is 5.32 Å². The van der Waals surface area contributed by atoms with Gasteiger partial charge in [0, 0.05) is 10.0 Å². The number of aliphatic hydroxyl groups excluding tert-OH is 1. The number of nitrogens with one attached hydrogen (secondary N) is 1. The molecule has 1 amide bonds. The third-order valence-electron chi connectivity index (χ3n) is 5.59. The lowest BCUT2D eigenvalue weighted by Gasteiger charge is -2.19. The normalized spacial score (nSPS) is 14.1. The number of amides is 1. The fraction of sp³-hybridized carbons (Fsp3) is 0.240. The fourth-order valence-corrected chi connectivity index (χ4v) is 4.50. The van der Waals surface area contributed by atoms with Gasteiger partial charge in [0.2, 0.25) is 0 Å². The van der Waals surface area contributed by atoms with Gasteiger partial charge in [-0.1, -0.05) is 70.5 Å². The van der Waals surface area contributed by atoms with E-state index in [4.69, 9.17) is 0 Å². The molecule has 4 heteroatoms. The standard InChI is InChI=1S/C25H24BrNO2/c26-23-15-18-7-11-19-10-6-17(8-12-20(23)13-9-18)14-22(19)25(29)27-24(16-28)21-4-2-1-3-5-21/h1-6,9-10,13-15,24,28H,7-8,11-12,16H2,(H,27,29)/t24-/m0/s1. The molecular formula is C25H24BrNO2. The molecule has 3 aromatic carbocycles. The van der Waals surface area contributed by atoms with E-state index in [9.17, 15) is 9.90 Å². The van der Waals surface area contributed by atoms with E-state index in [1.807, 2.05) is 36.4 Å². The first-order valence-electron chi connectivity index (χ1n) is 10.00. The molecular weight excluding hydrogens is 426 g/mol. The van der Waals surface area contributed by atoms with Gasteiger partial charge in [-0.15, -0.1) is 0 Å². The van der Waals surface area contributed by atoms with Gasteiger partial charge in [0.25, 0.3) is 5.91 Å². The number of hydrogen-bond acceptors (Lipinski definition) is 2. The summed E-state index contributed by atoms with van der Waals surface area (Å²) in [5.74, 6) is -0.128. The second kappa shape index (κ2) is 8.93. The Bertz CT molecular complexity index is 1020. The number of carbonyl (C=O) groups excluding carboxylic acids is 1. The average Bonchev–Trinajstić information content (AvgIpc) is 2.74. The van der Waals surface area contributed by atoms with E-state index < -0.39 is 6.04 Å². The molecule has 4 aliphatic carbocycles. The van der Waals surface area contributed by atoms with Crippen LogP contribution in [-0.4, -0.2) is 17.6 Å². The largest absolute Gasteiger partial charge is 0.394 e. The summed E-state index contributed by atoms with van der Waals surface area (Å²) in [7, 11) is 0. The van der Waals surface area contributed by atoms with Crippen LogP contribution in [0.2, 0.25) is 0 Å². The number of halogens is 1. The van der Waals surface area contributed by atoms with Crippen molar-refractivity contribution in [1.29, 1.82) is 0 Å². The molecule has 3 nitrogen and oxygen atoms in total. The van der Waals surface area contributed by atoms with Crippen molar-refractivity contribution in [2.45, 2.75) is 31.7 Å². The number of carbonyl (C=O) groups is 1. The minimum atomic E-state index is -0.415. The van der Waals surface area contributed by atoms with Gasteiger partial charge in [0.1, 0.15) is 0 Å². The van der Waals surface area contributed by atoms with E-state index in [-0.39, 0.29) is 12.5 Å². The van der Waals surface area contributed by atoms with E-state index in [2.05, 4.69) is 51.6 Å². The third kappa shape index (κ3) is 4.60. The summed E-state index contributed by atoms with van der Waals surface area (Å²) >= 11 is 3.70. The zero-order valence-electron chi connectivity index (χ0n) is 16.2. The predicted molar refractivity (Wildman–Crippen MR) is 119 cm³/mol. The van der Waals surface area contributed by atoms with Crippen LogP contribution < -0.4 is 5.32 Å². The Balaban J connectivity index is 1.62. The molecule has 3 aromatic rings. The Morgan fingerprint density at radius 1 is 0.897 bits per heavy atom. The summed E-state index contributed by atoms with van der Waals surface area (Å²) in [4.78, 5) is 13.2. The van der Waals surface area contributed by atoms with Gasteiger partial charge in [-0.3, -0.25) is 4.79 Å². The first kappa shape index (κ1) is 19.9. The van der Waals surface area contributed by atoms with Gasteiger partial charge in [0.15, 0.2) is 0 Å². The lowest BCUT2D eigenvalue weighted by atomic mass is 9.93. The second-order valence-electron chi connectivity index (χ2n) is 7.54. The van der Waals surface area contributed by atoms with Crippen LogP contribution in [0.1, 0.15) is 44.2 Å². The van der Waals surface area contributed by atoms with Crippen molar-refractivity contribution in [3.63, 3.8) is 0 Å². The third-order valence-corrected chi connectivity index (χ3v) is 6.33. The maximum absolute atomic E-state index is 13.2. The van der Waals surface area contributed by atoms with E-state index in [0.717, 1.165) is 46.8 Å². The van der Waals surface area contributed by atoms with Crippen molar-refractivity contribution in [3.05, 3.63) is 105 Å². The minimum Gasteiger partial charge on any atom is -0.394 e. The molecule has 0 saturated carbocycles. The quantitative estimate of drug-likeness (QED) is 0.600.